The van der Waals surface area contributed by atoms with Gasteiger partial charge < -0.3 is 20.1 Å². The molecule has 1 saturated carbocycles. The summed E-state index contributed by atoms with van der Waals surface area (Å²) in [5, 5.41) is 6.45. The monoisotopic (exact) mass is 392 g/mol. The number of rotatable bonds is 4. The highest BCUT2D eigenvalue weighted by Crippen LogP contribution is 2.59. The van der Waals surface area contributed by atoms with Crippen LogP contribution in [0.15, 0.2) is 18.2 Å². The predicted molar refractivity (Wildman–Crippen MR) is 103 cm³/mol. The molecule has 1 aromatic carbocycles. The number of hydrogen-bond acceptors (Lipinski definition) is 4. The third-order valence-corrected chi connectivity index (χ3v) is 6.69. The zero-order chi connectivity index (χ0) is 19.2. The van der Waals surface area contributed by atoms with E-state index in [2.05, 4.69) is 10.6 Å². The van der Waals surface area contributed by atoms with Gasteiger partial charge in [-0.1, -0.05) is 13.0 Å². The lowest BCUT2D eigenvalue weighted by Gasteiger charge is -2.46. The minimum Gasteiger partial charge on any atom is -0.460 e. The highest BCUT2D eigenvalue weighted by atomic mass is 32.1. The average Bonchev–Trinajstić information content (AvgIpc) is 3.11. The van der Waals surface area contributed by atoms with Crippen LogP contribution in [-0.4, -0.2) is 30.6 Å². The minimum atomic E-state index is -1.36. The Bertz CT molecular complexity index is 778. The zero-order valence-electron chi connectivity index (χ0n) is 15.6. The van der Waals surface area contributed by atoms with Gasteiger partial charge in [-0.25, -0.2) is 4.39 Å². The first-order valence-corrected chi connectivity index (χ1v) is 9.95. The van der Waals surface area contributed by atoms with E-state index in [0.29, 0.717) is 10.9 Å². The number of nitrogens with one attached hydrogen (secondary N) is 2. The lowest BCUT2D eigenvalue weighted by molar-refractivity contribution is -0.131. The Kier molecular flexibility index (Phi) is 4.63. The Morgan fingerprint density at radius 1 is 1.37 bits per heavy atom. The number of methoxy groups -OCH3 is 1. The lowest BCUT2D eigenvalue weighted by Crippen LogP contribution is -2.56. The van der Waals surface area contributed by atoms with Gasteiger partial charge >= 0.3 is 0 Å². The summed E-state index contributed by atoms with van der Waals surface area (Å²) in [4.78, 5) is 13.2. The number of fused-ring (bicyclic) bond motifs is 3. The van der Waals surface area contributed by atoms with Gasteiger partial charge in [0.2, 0.25) is 6.36 Å². The highest BCUT2D eigenvalue weighted by molar-refractivity contribution is 7.80. The van der Waals surface area contributed by atoms with Crippen LogP contribution in [0, 0.1) is 5.41 Å². The van der Waals surface area contributed by atoms with E-state index < -0.39 is 11.9 Å². The van der Waals surface area contributed by atoms with Crippen LogP contribution in [0.2, 0.25) is 0 Å². The van der Waals surface area contributed by atoms with E-state index in [-0.39, 0.29) is 23.8 Å². The van der Waals surface area contributed by atoms with Gasteiger partial charge in [0.15, 0.2) is 10.7 Å². The fourth-order valence-corrected chi connectivity index (χ4v) is 5.34. The SMILES string of the molecule is CCC(F)Oc1ccc2c(c1)C1(NC(=S)NC1=O)C1(CCC(OC)CC1)C2. The molecule has 0 aromatic heterocycles. The van der Waals surface area contributed by atoms with Crippen LogP contribution in [-0.2, 0) is 21.5 Å². The Morgan fingerprint density at radius 2 is 2.11 bits per heavy atom. The smallest absolute Gasteiger partial charge is 0.257 e. The zero-order valence-corrected chi connectivity index (χ0v) is 16.5. The molecule has 1 heterocycles. The fourth-order valence-electron chi connectivity index (χ4n) is 5.10. The molecule has 146 valence electrons. The number of ether oxygens (including phenoxy) is 2. The first-order chi connectivity index (χ1) is 12.9. The van der Waals surface area contributed by atoms with Crippen molar-refractivity contribution in [2.24, 2.45) is 5.41 Å². The third kappa shape index (κ3) is 2.74. The first kappa shape index (κ1) is 18.6. The minimum absolute atomic E-state index is 0.119. The first-order valence-electron chi connectivity index (χ1n) is 9.54. The molecule has 7 heteroatoms. The largest absolute Gasteiger partial charge is 0.460 e. The van der Waals surface area contributed by atoms with Gasteiger partial charge in [-0.05, 0) is 67.6 Å². The molecule has 1 amide bonds. The fraction of sp³-hybridized carbons (Fsp3) is 0.600. The Balaban J connectivity index is 1.77. The molecule has 2 unspecified atom stereocenters. The van der Waals surface area contributed by atoms with E-state index in [9.17, 15) is 9.18 Å². The maximum atomic E-state index is 13.8. The molecule has 1 saturated heterocycles. The predicted octanol–water partition coefficient (Wildman–Crippen LogP) is 3.10. The van der Waals surface area contributed by atoms with E-state index in [4.69, 9.17) is 21.7 Å². The van der Waals surface area contributed by atoms with Crippen LogP contribution in [0.3, 0.4) is 0 Å². The topological polar surface area (TPSA) is 59.6 Å². The van der Waals surface area contributed by atoms with Crippen LogP contribution in [0.1, 0.15) is 50.2 Å². The molecule has 5 nitrogen and oxygen atoms in total. The molecule has 2 spiro atoms. The summed E-state index contributed by atoms with van der Waals surface area (Å²) in [5.41, 5.74) is 0.761. The van der Waals surface area contributed by atoms with E-state index in [0.717, 1.165) is 43.2 Å². The summed E-state index contributed by atoms with van der Waals surface area (Å²) in [6.07, 6.45) is 3.45. The van der Waals surface area contributed by atoms with E-state index in [1.165, 1.54) is 0 Å². The number of amides is 1. The summed E-state index contributed by atoms with van der Waals surface area (Å²) in [7, 11) is 1.74. The number of carbonyl (C=O) groups is 1. The summed E-state index contributed by atoms with van der Waals surface area (Å²) < 4.78 is 24.7. The van der Waals surface area contributed by atoms with Crippen molar-refractivity contribution in [1.29, 1.82) is 0 Å². The molecule has 0 bridgehead atoms. The van der Waals surface area contributed by atoms with Crippen molar-refractivity contribution >= 4 is 23.2 Å². The summed E-state index contributed by atoms with van der Waals surface area (Å²) in [6, 6.07) is 5.57. The van der Waals surface area contributed by atoms with Gasteiger partial charge in [-0.15, -0.1) is 0 Å². The molecule has 0 radical (unpaired) electrons. The van der Waals surface area contributed by atoms with Crippen LogP contribution in [0.4, 0.5) is 4.39 Å². The highest BCUT2D eigenvalue weighted by Gasteiger charge is 2.65. The second-order valence-corrected chi connectivity index (χ2v) is 8.21. The maximum Gasteiger partial charge on any atom is 0.257 e. The number of carbonyl (C=O) groups excluding carboxylic acids is 1. The molecular formula is C20H25FN2O3S. The number of benzene rings is 1. The van der Waals surface area contributed by atoms with Crippen molar-refractivity contribution in [2.75, 3.05) is 7.11 Å². The van der Waals surface area contributed by atoms with Crippen molar-refractivity contribution in [3.63, 3.8) is 0 Å². The number of hydrogen-bond donors (Lipinski definition) is 2. The maximum absolute atomic E-state index is 13.8. The molecule has 27 heavy (non-hydrogen) atoms. The second kappa shape index (κ2) is 6.71. The van der Waals surface area contributed by atoms with E-state index >= 15 is 0 Å². The molecule has 2 N–H and O–H groups in total. The van der Waals surface area contributed by atoms with Crippen LogP contribution in [0.5, 0.6) is 5.75 Å². The molecule has 1 aromatic rings. The standard InChI is InChI=1S/C20H25FN2O3S/c1-3-16(21)26-14-5-4-12-11-19(8-6-13(25-2)7-9-19)20(15(12)10-14)17(24)22-18(27)23-20/h4-5,10,13,16H,3,6-9,11H2,1-2H3,(H2,22,23,24,27). The second-order valence-electron chi connectivity index (χ2n) is 7.81. The Labute approximate surface area is 164 Å². The normalized spacial score (nSPS) is 33.1. The van der Waals surface area contributed by atoms with Gasteiger partial charge in [0.1, 0.15) is 5.75 Å². The number of alkyl halides is 1. The molecule has 2 aliphatic carbocycles. The van der Waals surface area contributed by atoms with Crippen molar-refractivity contribution in [2.45, 2.75) is 63.4 Å². The lowest BCUT2D eigenvalue weighted by atomic mass is 9.61. The quantitative estimate of drug-likeness (QED) is 0.771. The summed E-state index contributed by atoms with van der Waals surface area (Å²) in [6.45, 7) is 1.73. The van der Waals surface area contributed by atoms with Crippen molar-refractivity contribution in [3.05, 3.63) is 29.3 Å². The van der Waals surface area contributed by atoms with Crippen molar-refractivity contribution in [1.82, 2.24) is 10.6 Å². The van der Waals surface area contributed by atoms with Crippen LogP contribution < -0.4 is 15.4 Å². The van der Waals surface area contributed by atoms with Crippen LogP contribution >= 0.6 is 12.2 Å². The molecule has 3 aliphatic rings. The Morgan fingerprint density at radius 3 is 2.70 bits per heavy atom. The summed E-state index contributed by atoms with van der Waals surface area (Å²) in [5.74, 6) is 0.323. The van der Waals surface area contributed by atoms with Gasteiger partial charge in [0.25, 0.3) is 5.91 Å². The van der Waals surface area contributed by atoms with Crippen molar-refractivity contribution in [3.8, 4) is 5.75 Å². The average molecular weight is 392 g/mol. The van der Waals surface area contributed by atoms with Gasteiger partial charge in [-0.3, -0.25) is 4.79 Å². The van der Waals surface area contributed by atoms with E-state index in [1.54, 1.807) is 20.1 Å². The Hall–Kier alpha value is -1.73. The number of halogens is 1. The van der Waals surface area contributed by atoms with Crippen molar-refractivity contribution < 1.29 is 18.7 Å². The molecule has 4 rings (SSSR count). The molecule has 2 fully saturated rings. The summed E-state index contributed by atoms with van der Waals surface area (Å²) >= 11 is 5.30. The van der Waals surface area contributed by atoms with E-state index in [1.807, 2.05) is 12.1 Å². The van der Waals surface area contributed by atoms with Gasteiger partial charge in [0, 0.05) is 18.9 Å². The van der Waals surface area contributed by atoms with Gasteiger partial charge in [0.05, 0.1) is 6.10 Å². The van der Waals surface area contributed by atoms with Gasteiger partial charge in [-0.2, -0.15) is 0 Å². The molecule has 2 atom stereocenters. The molecule has 1 aliphatic heterocycles. The third-order valence-electron chi connectivity index (χ3n) is 6.49. The molecular weight excluding hydrogens is 367 g/mol. The van der Waals surface area contributed by atoms with Crippen LogP contribution in [0.25, 0.3) is 0 Å². The number of thiocarbonyl (C=S) groups is 1.